The Hall–Kier alpha value is -5.58. The summed E-state index contributed by atoms with van der Waals surface area (Å²) in [6.07, 6.45) is 0. The summed E-state index contributed by atoms with van der Waals surface area (Å²) in [7, 11) is -2.82. The molecule has 0 bridgehead atoms. The predicted octanol–water partition coefficient (Wildman–Crippen LogP) is 11.8. The molecule has 3 heteroatoms. The Bertz CT molecular complexity index is 2670. The van der Waals surface area contributed by atoms with Crippen molar-refractivity contribution in [1.29, 1.82) is 0 Å². The number of hydrogen-bond acceptors (Lipinski definition) is 2. The van der Waals surface area contributed by atoms with Crippen LogP contribution in [-0.2, 0) is 0 Å². The fourth-order valence-corrected chi connectivity index (χ4v) is 15.5. The summed E-state index contributed by atoms with van der Waals surface area (Å²) in [5.41, 5.74) is 5.12. The average Bonchev–Trinajstić information content (AvgIpc) is 3.78. The van der Waals surface area contributed by atoms with Gasteiger partial charge in [0.2, 0.25) is 0 Å². The number of hydrogen-bond donors (Lipinski definition) is 0. The van der Waals surface area contributed by atoms with Gasteiger partial charge in [0, 0.05) is 40.3 Å². The maximum atomic E-state index is 2.50. The molecule has 248 valence electrons. The number of benzene rings is 8. The zero-order valence-electron chi connectivity index (χ0n) is 27.8. The van der Waals surface area contributed by atoms with Crippen LogP contribution in [-0.4, -0.2) is 8.07 Å². The highest BCUT2D eigenvalue weighted by molar-refractivity contribution is 7.26. The van der Waals surface area contributed by atoms with Crippen LogP contribution in [0.5, 0.6) is 0 Å². The van der Waals surface area contributed by atoms with Crippen molar-refractivity contribution in [3.63, 3.8) is 0 Å². The van der Waals surface area contributed by atoms with Gasteiger partial charge in [-0.2, -0.15) is 0 Å². The Morgan fingerprint density at radius 1 is 0.308 bits per heavy atom. The summed E-state index contributed by atoms with van der Waals surface area (Å²) < 4.78 is 5.36. The fourth-order valence-electron chi connectivity index (χ4n) is 8.17. The van der Waals surface area contributed by atoms with Crippen LogP contribution in [0.15, 0.2) is 194 Å². The molecule has 10 rings (SSSR count). The second-order valence-electron chi connectivity index (χ2n) is 13.2. The molecule has 0 aliphatic carbocycles. The summed E-state index contributed by atoms with van der Waals surface area (Å²) in [6.45, 7) is 0. The summed E-state index contributed by atoms with van der Waals surface area (Å²) in [4.78, 5) is 0. The number of thiophene rings is 2. The highest BCUT2D eigenvalue weighted by atomic mass is 32.1. The fraction of sp³-hybridized carbons (Fsp3) is 0.0204. The molecule has 52 heavy (non-hydrogen) atoms. The Morgan fingerprint density at radius 3 is 1.13 bits per heavy atom. The lowest BCUT2D eigenvalue weighted by Crippen LogP contribution is -2.74. The van der Waals surface area contributed by atoms with E-state index in [1.807, 2.05) is 22.7 Å². The minimum absolute atomic E-state index is 0. The van der Waals surface area contributed by atoms with Gasteiger partial charge >= 0.3 is 0 Å². The second-order valence-corrected chi connectivity index (χ2v) is 19.1. The van der Waals surface area contributed by atoms with Crippen LogP contribution in [0.25, 0.3) is 62.6 Å². The molecule has 0 fully saturated rings. The van der Waals surface area contributed by atoms with Crippen LogP contribution < -0.4 is 20.7 Å². The Morgan fingerprint density at radius 2 is 0.673 bits per heavy atom. The van der Waals surface area contributed by atoms with E-state index in [0.29, 0.717) is 0 Å². The quantitative estimate of drug-likeness (QED) is 0.119. The molecule has 0 aliphatic heterocycles. The Labute approximate surface area is 313 Å². The molecule has 0 unspecified atom stereocenters. The second kappa shape index (κ2) is 13.2. The standard InChI is InChI=1S/C48H32S2Si.CH4/c1-3-17-35(18-4-1)51(36-19-5-2-6-20-36,37-21-11-15-33(31-37)39-25-13-27-43-41-23-7-9-29-45(41)49-47(39)43)38-22-12-16-34(32-38)40-26-14-28-44-42-24-8-10-30-46(42)50-48(40)44;/h1-32H;1H4. The molecule has 10 aromatic rings. The number of fused-ring (bicyclic) bond motifs is 6. The van der Waals surface area contributed by atoms with Gasteiger partial charge < -0.3 is 0 Å². The lowest BCUT2D eigenvalue weighted by atomic mass is 10.0. The summed E-state index contributed by atoms with van der Waals surface area (Å²) in [5, 5.41) is 10.8. The van der Waals surface area contributed by atoms with Crippen LogP contribution in [0.1, 0.15) is 7.43 Å². The van der Waals surface area contributed by atoms with E-state index in [1.165, 1.54) is 83.3 Å². The van der Waals surface area contributed by atoms with Gasteiger partial charge in [0.05, 0.1) is 0 Å². The monoisotopic (exact) mass is 716 g/mol. The van der Waals surface area contributed by atoms with Crippen molar-refractivity contribution in [1.82, 2.24) is 0 Å². The Balaban J connectivity index is 0.00000360. The van der Waals surface area contributed by atoms with E-state index in [-0.39, 0.29) is 7.43 Å². The van der Waals surface area contributed by atoms with Crippen molar-refractivity contribution in [3.8, 4) is 22.3 Å². The maximum absolute atomic E-state index is 2.82. The molecule has 0 atom stereocenters. The van der Waals surface area contributed by atoms with Gasteiger partial charge in [-0.25, -0.2) is 0 Å². The van der Waals surface area contributed by atoms with Gasteiger partial charge in [0.25, 0.3) is 0 Å². The van der Waals surface area contributed by atoms with E-state index in [1.54, 1.807) is 0 Å². The first-order valence-electron chi connectivity index (χ1n) is 17.4. The molecule has 0 saturated heterocycles. The van der Waals surface area contributed by atoms with Crippen LogP contribution in [0.2, 0.25) is 0 Å². The van der Waals surface area contributed by atoms with Gasteiger partial charge in [-0.05, 0) is 55.1 Å². The highest BCUT2D eigenvalue weighted by Crippen LogP contribution is 2.41. The molecule has 0 aliphatic rings. The molecule has 0 nitrogen and oxygen atoms in total. The molecule has 0 spiro atoms. The van der Waals surface area contributed by atoms with Crippen LogP contribution in [0.3, 0.4) is 0 Å². The van der Waals surface area contributed by atoms with E-state index in [0.717, 1.165) is 0 Å². The van der Waals surface area contributed by atoms with Crippen molar-refractivity contribution in [3.05, 3.63) is 194 Å². The summed E-state index contributed by atoms with van der Waals surface area (Å²) in [5.74, 6) is 0. The SMILES string of the molecule is C.c1ccc([Si](c2ccccc2)(c2cccc(-c3cccc4c3sc3ccccc34)c2)c2cccc(-c3cccc4c3sc3ccccc34)c2)cc1. The third-order valence-corrected chi connectivity index (χ3v) is 17.6. The van der Waals surface area contributed by atoms with Crippen molar-refractivity contribution < 1.29 is 0 Å². The first-order valence-corrected chi connectivity index (χ1v) is 21.1. The molecule has 2 heterocycles. The molecule has 0 saturated carbocycles. The van der Waals surface area contributed by atoms with Gasteiger partial charge in [-0.3, -0.25) is 0 Å². The molecule has 8 aromatic carbocycles. The van der Waals surface area contributed by atoms with Crippen LogP contribution >= 0.6 is 22.7 Å². The first-order chi connectivity index (χ1) is 25.3. The van der Waals surface area contributed by atoms with Gasteiger partial charge in [-0.1, -0.05) is 189 Å². The Kier molecular flexibility index (Phi) is 8.20. The summed E-state index contributed by atoms with van der Waals surface area (Å²) >= 11 is 3.80. The zero-order valence-corrected chi connectivity index (χ0v) is 30.4. The molecule has 2 aromatic heterocycles. The zero-order chi connectivity index (χ0) is 33.8. The molecule has 0 N–H and O–H groups in total. The predicted molar refractivity (Wildman–Crippen MR) is 233 cm³/mol. The molecule has 0 amide bonds. The molecular weight excluding hydrogens is 681 g/mol. The van der Waals surface area contributed by atoms with Crippen LogP contribution in [0, 0.1) is 0 Å². The highest BCUT2D eigenvalue weighted by Gasteiger charge is 2.41. The normalized spacial score (nSPS) is 11.7. The summed E-state index contributed by atoms with van der Waals surface area (Å²) in [6, 6.07) is 72.7. The lowest BCUT2D eigenvalue weighted by Gasteiger charge is -2.35. The van der Waals surface area contributed by atoms with Crippen molar-refractivity contribution in [2.24, 2.45) is 0 Å². The maximum Gasteiger partial charge on any atom is 0.179 e. The van der Waals surface area contributed by atoms with Gasteiger partial charge in [0.15, 0.2) is 8.07 Å². The van der Waals surface area contributed by atoms with E-state index in [2.05, 4.69) is 194 Å². The van der Waals surface area contributed by atoms with Gasteiger partial charge in [-0.15, -0.1) is 22.7 Å². The smallest absolute Gasteiger partial charge is 0.135 e. The van der Waals surface area contributed by atoms with E-state index in [9.17, 15) is 0 Å². The van der Waals surface area contributed by atoms with E-state index in [4.69, 9.17) is 0 Å². The molecule has 0 radical (unpaired) electrons. The van der Waals surface area contributed by atoms with Crippen molar-refractivity contribution >= 4 is 91.8 Å². The molecular formula is C49H36S2Si. The lowest BCUT2D eigenvalue weighted by molar-refractivity contribution is 1.64. The van der Waals surface area contributed by atoms with E-state index < -0.39 is 8.07 Å². The minimum Gasteiger partial charge on any atom is -0.135 e. The third-order valence-electron chi connectivity index (χ3n) is 10.4. The van der Waals surface area contributed by atoms with Gasteiger partial charge in [0.1, 0.15) is 0 Å². The van der Waals surface area contributed by atoms with Crippen molar-refractivity contribution in [2.75, 3.05) is 0 Å². The van der Waals surface area contributed by atoms with E-state index >= 15 is 0 Å². The largest absolute Gasteiger partial charge is 0.179 e. The van der Waals surface area contributed by atoms with Crippen molar-refractivity contribution in [2.45, 2.75) is 7.43 Å². The third kappa shape index (κ3) is 5.08. The minimum atomic E-state index is -2.82. The topological polar surface area (TPSA) is 0 Å². The average molecular weight is 717 g/mol. The van der Waals surface area contributed by atoms with Crippen LogP contribution in [0.4, 0.5) is 0 Å². The number of rotatable bonds is 6. The first kappa shape index (κ1) is 32.3.